The molecule has 10 nitrogen and oxygen atoms in total. The van der Waals surface area contributed by atoms with Crippen molar-refractivity contribution >= 4 is 23.2 Å². The van der Waals surface area contributed by atoms with Crippen LogP contribution in [0, 0.1) is 5.82 Å². The van der Waals surface area contributed by atoms with E-state index >= 15 is 0 Å². The minimum Gasteiger partial charge on any atom is -0.493 e. The molecule has 2 aromatic carbocycles. The molecule has 0 aliphatic heterocycles. The van der Waals surface area contributed by atoms with Crippen LogP contribution >= 0.6 is 11.3 Å². The molecule has 0 saturated heterocycles. The van der Waals surface area contributed by atoms with Crippen LogP contribution in [0.15, 0.2) is 60.0 Å². The molecule has 2 heterocycles. The number of ether oxygens (including phenoxy) is 2. The van der Waals surface area contributed by atoms with Crippen molar-refractivity contribution in [1.29, 1.82) is 0 Å². The molecule has 4 aromatic rings. The smallest absolute Gasteiger partial charge is 0.247 e. The molecular weight excluding hydrogens is 559 g/mol. The lowest BCUT2D eigenvalue weighted by atomic mass is 9.94. The van der Waals surface area contributed by atoms with Gasteiger partial charge in [-0.3, -0.25) is 9.59 Å². The lowest BCUT2D eigenvalue weighted by Gasteiger charge is -2.33. The first-order chi connectivity index (χ1) is 20.4. The van der Waals surface area contributed by atoms with Crippen LogP contribution in [-0.2, 0) is 22.7 Å². The summed E-state index contributed by atoms with van der Waals surface area (Å²) < 4.78 is 24.6. The van der Waals surface area contributed by atoms with Gasteiger partial charge in [0.15, 0.2) is 11.5 Å². The molecule has 0 bridgehead atoms. The van der Waals surface area contributed by atoms with Crippen molar-refractivity contribution in [2.75, 3.05) is 14.2 Å². The van der Waals surface area contributed by atoms with Crippen molar-refractivity contribution in [1.82, 2.24) is 30.4 Å². The van der Waals surface area contributed by atoms with Gasteiger partial charge in [-0.05, 0) is 65.4 Å². The van der Waals surface area contributed by atoms with Crippen LogP contribution in [0.2, 0.25) is 0 Å². The van der Waals surface area contributed by atoms with Crippen molar-refractivity contribution in [3.8, 4) is 22.9 Å². The summed E-state index contributed by atoms with van der Waals surface area (Å²) in [5.74, 6) is 0.278. The molecule has 1 fully saturated rings. The van der Waals surface area contributed by atoms with Crippen molar-refractivity contribution in [3.05, 3.63) is 76.2 Å². The third-order valence-corrected chi connectivity index (χ3v) is 8.16. The number of hydrogen-bond acceptors (Lipinski definition) is 8. The number of amides is 2. The topological polar surface area (TPSA) is 111 Å². The lowest BCUT2D eigenvalue weighted by Crippen LogP contribution is -2.47. The molecule has 0 radical (unpaired) electrons. The Balaban J connectivity index is 1.43. The molecule has 1 unspecified atom stereocenters. The highest BCUT2D eigenvalue weighted by Gasteiger charge is 2.33. The Morgan fingerprint density at radius 2 is 1.83 bits per heavy atom. The van der Waals surface area contributed by atoms with Crippen LogP contribution in [0.25, 0.3) is 11.4 Å². The maximum absolute atomic E-state index is 14.0. The van der Waals surface area contributed by atoms with Gasteiger partial charge in [0.05, 0.1) is 20.8 Å². The summed E-state index contributed by atoms with van der Waals surface area (Å²) in [6.07, 6.45) is 5.02. The van der Waals surface area contributed by atoms with E-state index in [-0.39, 0.29) is 30.9 Å². The average molecular weight is 593 g/mol. The minimum absolute atomic E-state index is 0.0360. The van der Waals surface area contributed by atoms with E-state index in [4.69, 9.17) is 9.47 Å². The highest BCUT2D eigenvalue weighted by atomic mass is 32.1. The molecule has 220 valence electrons. The van der Waals surface area contributed by atoms with E-state index in [0.29, 0.717) is 28.5 Å². The third kappa shape index (κ3) is 6.93. The summed E-state index contributed by atoms with van der Waals surface area (Å²) in [7, 11) is 3.09. The van der Waals surface area contributed by atoms with E-state index in [2.05, 4.69) is 20.7 Å². The number of rotatable bonds is 11. The van der Waals surface area contributed by atoms with Crippen LogP contribution in [0.5, 0.6) is 11.5 Å². The van der Waals surface area contributed by atoms with E-state index in [1.54, 1.807) is 37.4 Å². The Hall–Kier alpha value is -4.32. The fourth-order valence-corrected chi connectivity index (χ4v) is 5.85. The Morgan fingerprint density at radius 3 is 2.52 bits per heavy atom. The molecule has 2 aromatic heterocycles. The summed E-state index contributed by atoms with van der Waals surface area (Å²) in [5.41, 5.74) is 1.16. The number of nitrogens with zero attached hydrogens (tertiary/aromatic N) is 5. The van der Waals surface area contributed by atoms with Gasteiger partial charge in [-0.1, -0.05) is 37.5 Å². The van der Waals surface area contributed by atoms with Crippen molar-refractivity contribution in [2.24, 2.45) is 0 Å². The van der Waals surface area contributed by atoms with Gasteiger partial charge in [-0.15, -0.1) is 21.5 Å². The van der Waals surface area contributed by atoms with Gasteiger partial charge >= 0.3 is 0 Å². The zero-order valence-electron chi connectivity index (χ0n) is 23.5. The van der Waals surface area contributed by atoms with Crippen molar-refractivity contribution in [3.63, 3.8) is 0 Å². The number of nitrogens with one attached hydrogen (secondary N) is 1. The summed E-state index contributed by atoms with van der Waals surface area (Å²) >= 11 is 1.49. The maximum Gasteiger partial charge on any atom is 0.247 e. The number of tetrazole rings is 1. The van der Waals surface area contributed by atoms with Gasteiger partial charge in [0.1, 0.15) is 18.4 Å². The Morgan fingerprint density at radius 1 is 1.07 bits per heavy atom. The number of hydrogen-bond donors (Lipinski definition) is 1. The number of methoxy groups -OCH3 is 2. The average Bonchev–Trinajstić information content (AvgIpc) is 3.70. The SMILES string of the molecule is COc1ccc(-c2nnn(CC(=O)N(Cc3cccs3)C(C(=O)NC3CCCCC3)c3ccc(F)cc3)n2)cc1OC. The van der Waals surface area contributed by atoms with Crippen molar-refractivity contribution < 1.29 is 23.5 Å². The first kappa shape index (κ1) is 29.2. The first-order valence-corrected chi connectivity index (χ1v) is 14.7. The zero-order chi connectivity index (χ0) is 29.5. The molecule has 2 amide bonds. The standard InChI is InChI=1S/C30H33FN6O4S/c1-40-25-15-12-21(17-26(25)41-2)29-33-35-37(34-29)19-27(38)36(18-24-9-6-16-42-24)28(20-10-13-22(31)14-11-20)30(39)32-23-7-4-3-5-8-23/h6,9-17,23,28H,3-5,7-8,18-19H2,1-2H3,(H,32,39). The second-order valence-electron chi connectivity index (χ2n) is 10.1. The number of aromatic nitrogens is 4. The molecule has 5 rings (SSSR count). The van der Waals surface area contributed by atoms with E-state index in [1.165, 1.54) is 40.3 Å². The van der Waals surface area contributed by atoms with E-state index in [1.807, 2.05) is 17.5 Å². The van der Waals surface area contributed by atoms with Gasteiger partial charge in [0.2, 0.25) is 17.6 Å². The first-order valence-electron chi connectivity index (χ1n) is 13.8. The Labute approximate surface area is 247 Å². The maximum atomic E-state index is 14.0. The number of halogens is 1. The number of thiophene rings is 1. The van der Waals surface area contributed by atoms with Gasteiger partial charge in [0.25, 0.3) is 0 Å². The summed E-state index contributed by atoms with van der Waals surface area (Å²) in [4.78, 5) is 31.4. The predicted molar refractivity (Wildman–Crippen MR) is 155 cm³/mol. The van der Waals surface area contributed by atoms with E-state index in [9.17, 15) is 14.0 Å². The quantitative estimate of drug-likeness (QED) is 0.267. The zero-order valence-corrected chi connectivity index (χ0v) is 24.3. The molecule has 1 aliphatic carbocycles. The second-order valence-corrected chi connectivity index (χ2v) is 11.1. The summed E-state index contributed by atoms with van der Waals surface area (Å²) in [6.45, 7) is -0.0616. The highest BCUT2D eigenvalue weighted by Crippen LogP contribution is 2.31. The molecule has 42 heavy (non-hydrogen) atoms. The molecular formula is C30H33FN6O4S. The van der Waals surface area contributed by atoms with Crippen LogP contribution in [0.4, 0.5) is 4.39 Å². The van der Waals surface area contributed by atoms with Crippen LogP contribution in [0.1, 0.15) is 48.6 Å². The molecule has 1 atom stereocenters. The highest BCUT2D eigenvalue weighted by molar-refractivity contribution is 7.09. The largest absolute Gasteiger partial charge is 0.493 e. The van der Waals surface area contributed by atoms with Crippen molar-refractivity contribution in [2.45, 2.75) is 57.3 Å². The van der Waals surface area contributed by atoms with Crippen LogP contribution in [-0.4, -0.2) is 57.2 Å². The van der Waals surface area contributed by atoms with Crippen LogP contribution < -0.4 is 14.8 Å². The number of carbonyl (C=O) groups is 2. The van der Waals surface area contributed by atoms with E-state index in [0.717, 1.165) is 37.0 Å². The fraction of sp³-hybridized carbons (Fsp3) is 0.367. The van der Waals surface area contributed by atoms with Gasteiger partial charge < -0.3 is 19.7 Å². The normalized spacial score (nSPS) is 14.3. The Bertz CT molecular complexity index is 1490. The van der Waals surface area contributed by atoms with E-state index < -0.39 is 11.9 Å². The van der Waals surface area contributed by atoms with Gasteiger partial charge in [-0.2, -0.15) is 4.80 Å². The second kappa shape index (κ2) is 13.6. The summed E-state index contributed by atoms with van der Waals surface area (Å²) in [6, 6.07) is 13.8. The molecule has 0 spiro atoms. The lowest BCUT2D eigenvalue weighted by molar-refractivity contribution is -0.142. The third-order valence-electron chi connectivity index (χ3n) is 7.30. The number of carbonyl (C=O) groups excluding carboxylic acids is 2. The van der Waals surface area contributed by atoms with Crippen LogP contribution in [0.3, 0.4) is 0 Å². The molecule has 1 N–H and O–H groups in total. The monoisotopic (exact) mass is 592 g/mol. The minimum atomic E-state index is -0.976. The summed E-state index contributed by atoms with van der Waals surface area (Å²) in [5, 5.41) is 17.7. The fourth-order valence-electron chi connectivity index (χ4n) is 5.15. The molecule has 1 aliphatic rings. The Kier molecular flexibility index (Phi) is 9.42. The predicted octanol–water partition coefficient (Wildman–Crippen LogP) is 4.78. The number of benzene rings is 2. The van der Waals surface area contributed by atoms with Gasteiger partial charge in [-0.25, -0.2) is 4.39 Å². The molecule has 1 saturated carbocycles. The molecule has 12 heteroatoms. The van der Waals surface area contributed by atoms with Gasteiger partial charge in [0, 0.05) is 16.5 Å².